The molecule has 1 aromatic carbocycles. The normalized spacial score (nSPS) is 12.3. The molecule has 0 unspecified atom stereocenters. The van der Waals surface area contributed by atoms with Crippen LogP contribution < -0.4 is 10.1 Å². The first-order chi connectivity index (χ1) is 14.5. The molecule has 1 aromatic heterocycles. The van der Waals surface area contributed by atoms with Crippen LogP contribution in [0.2, 0.25) is 0 Å². The molecule has 0 aliphatic heterocycles. The van der Waals surface area contributed by atoms with Gasteiger partial charge in [-0.25, -0.2) is 0 Å². The average Bonchev–Trinajstić information content (AvgIpc) is 2.73. The van der Waals surface area contributed by atoms with Gasteiger partial charge in [0.1, 0.15) is 18.6 Å². The van der Waals surface area contributed by atoms with Crippen LogP contribution in [0.4, 0.5) is 11.4 Å². The fourth-order valence-corrected chi connectivity index (χ4v) is 2.82. The second-order valence-electron chi connectivity index (χ2n) is 6.51. The Labute approximate surface area is 177 Å². The number of nitro groups is 1. The molecular formula is C23H28N4O3. The highest BCUT2D eigenvalue weighted by Crippen LogP contribution is 2.25. The Kier molecular flexibility index (Phi) is 8.75. The zero-order valence-electron chi connectivity index (χ0n) is 17.9. The van der Waals surface area contributed by atoms with Gasteiger partial charge in [0.15, 0.2) is 0 Å². The van der Waals surface area contributed by atoms with Crippen LogP contribution in [-0.2, 0) is 0 Å². The Bertz CT molecular complexity index is 947. The van der Waals surface area contributed by atoms with Gasteiger partial charge < -0.3 is 10.1 Å². The van der Waals surface area contributed by atoms with Crippen molar-refractivity contribution >= 4 is 22.8 Å². The van der Waals surface area contributed by atoms with E-state index >= 15 is 0 Å². The molecule has 0 saturated carbocycles. The number of rotatable bonds is 10. The third-order valence-electron chi connectivity index (χ3n) is 4.22. The van der Waals surface area contributed by atoms with E-state index in [-0.39, 0.29) is 5.69 Å². The Morgan fingerprint density at radius 1 is 1.30 bits per heavy atom. The Morgan fingerprint density at radius 2 is 2.03 bits per heavy atom. The third kappa shape index (κ3) is 6.55. The van der Waals surface area contributed by atoms with Crippen LogP contribution in [0.1, 0.15) is 38.4 Å². The summed E-state index contributed by atoms with van der Waals surface area (Å²) in [7, 11) is 0. The van der Waals surface area contributed by atoms with E-state index in [2.05, 4.69) is 15.3 Å². The zero-order valence-corrected chi connectivity index (χ0v) is 17.9. The average molecular weight is 409 g/mol. The standard InChI is InChI=1S/C23H28N4O3/c1-5-8-19(24-7-3)16-30-21-12-10-18(11-13-21)26-23(9-6-2)22-14-20(27(28)29)15-25-17(22)4/h5,8-15,26H,6-7,16H2,1-4H3/b8-5-,23-9+,24-19?. The van der Waals surface area contributed by atoms with Gasteiger partial charge in [0, 0.05) is 35.3 Å². The molecule has 0 aliphatic carbocycles. The van der Waals surface area contributed by atoms with Crippen molar-refractivity contribution < 1.29 is 9.66 Å². The number of aliphatic imine (C=N–C) groups is 1. The number of hydrogen-bond donors (Lipinski definition) is 1. The predicted octanol–water partition coefficient (Wildman–Crippen LogP) is 5.58. The SMILES string of the molecule is C/C=C\C(COc1ccc(N/C(=C/CC)c2cc([N+](=O)[O-])cnc2C)cc1)=NCC. The second kappa shape index (κ2) is 11.5. The molecule has 0 aliphatic rings. The summed E-state index contributed by atoms with van der Waals surface area (Å²) in [4.78, 5) is 19.3. The van der Waals surface area contributed by atoms with E-state index in [1.165, 1.54) is 6.20 Å². The minimum atomic E-state index is -0.435. The molecule has 0 fully saturated rings. The van der Waals surface area contributed by atoms with Crippen LogP contribution in [-0.4, -0.2) is 28.8 Å². The molecule has 2 aromatic rings. The molecule has 0 amide bonds. The molecule has 158 valence electrons. The summed E-state index contributed by atoms with van der Waals surface area (Å²) in [6, 6.07) is 9.12. The smallest absolute Gasteiger partial charge is 0.288 e. The Balaban J connectivity index is 2.16. The number of benzene rings is 1. The molecule has 0 spiro atoms. The minimum Gasteiger partial charge on any atom is -0.487 e. The number of ether oxygens (including phenoxy) is 1. The molecule has 1 heterocycles. The lowest BCUT2D eigenvalue weighted by atomic mass is 10.1. The lowest BCUT2D eigenvalue weighted by Crippen LogP contribution is -2.09. The van der Waals surface area contributed by atoms with Crippen LogP contribution in [0.3, 0.4) is 0 Å². The number of pyridine rings is 1. The number of allylic oxidation sites excluding steroid dienone is 2. The van der Waals surface area contributed by atoms with E-state index in [9.17, 15) is 10.1 Å². The molecule has 1 N–H and O–H groups in total. The molecule has 0 saturated heterocycles. The van der Waals surface area contributed by atoms with Crippen molar-refractivity contribution in [2.75, 3.05) is 18.5 Å². The maximum atomic E-state index is 11.1. The largest absolute Gasteiger partial charge is 0.487 e. The van der Waals surface area contributed by atoms with Crippen LogP contribution in [0.15, 0.2) is 59.7 Å². The van der Waals surface area contributed by atoms with Gasteiger partial charge in [0.25, 0.3) is 5.69 Å². The topological polar surface area (TPSA) is 89.6 Å². The van der Waals surface area contributed by atoms with Crippen LogP contribution in [0, 0.1) is 17.0 Å². The molecule has 7 nitrogen and oxygen atoms in total. The molecule has 0 bridgehead atoms. The van der Waals surface area contributed by atoms with Crippen molar-refractivity contribution in [3.63, 3.8) is 0 Å². The summed E-state index contributed by atoms with van der Waals surface area (Å²) in [5.41, 5.74) is 3.92. The number of hydrogen-bond acceptors (Lipinski definition) is 6. The van der Waals surface area contributed by atoms with Gasteiger partial charge in [-0.2, -0.15) is 0 Å². The lowest BCUT2D eigenvalue weighted by molar-refractivity contribution is -0.385. The van der Waals surface area contributed by atoms with E-state index in [0.29, 0.717) is 18.7 Å². The lowest BCUT2D eigenvalue weighted by Gasteiger charge is -2.14. The van der Waals surface area contributed by atoms with Gasteiger partial charge in [-0.05, 0) is 57.5 Å². The van der Waals surface area contributed by atoms with Gasteiger partial charge in [0.2, 0.25) is 0 Å². The quantitative estimate of drug-likeness (QED) is 0.315. The molecular weight excluding hydrogens is 380 g/mol. The predicted molar refractivity (Wildman–Crippen MR) is 122 cm³/mol. The van der Waals surface area contributed by atoms with Crippen molar-refractivity contribution in [2.24, 2.45) is 4.99 Å². The zero-order chi connectivity index (χ0) is 21.9. The highest BCUT2D eigenvalue weighted by atomic mass is 16.6. The van der Waals surface area contributed by atoms with Crippen molar-refractivity contribution in [1.29, 1.82) is 0 Å². The van der Waals surface area contributed by atoms with E-state index in [1.807, 2.05) is 70.2 Å². The third-order valence-corrected chi connectivity index (χ3v) is 4.22. The van der Waals surface area contributed by atoms with E-state index in [4.69, 9.17) is 4.74 Å². The van der Waals surface area contributed by atoms with E-state index in [0.717, 1.165) is 35.0 Å². The fourth-order valence-electron chi connectivity index (χ4n) is 2.82. The highest BCUT2D eigenvalue weighted by Gasteiger charge is 2.13. The van der Waals surface area contributed by atoms with E-state index < -0.39 is 4.92 Å². The van der Waals surface area contributed by atoms with Crippen LogP contribution in [0.25, 0.3) is 5.70 Å². The van der Waals surface area contributed by atoms with Crippen LogP contribution in [0.5, 0.6) is 5.75 Å². The number of aryl methyl sites for hydroxylation is 1. The summed E-state index contributed by atoms with van der Waals surface area (Å²) in [6.45, 7) is 8.91. The first-order valence-corrected chi connectivity index (χ1v) is 9.95. The molecule has 0 atom stereocenters. The number of nitrogens with one attached hydrogen (secondary N) is 1. The molecule has 0 radical (unpaired) electrons. The molecule has 30 heavy (non-hydrogen) atoms. The minimum absolute atomic E-state index is 0.0335. The van der Waals surface area contributed by atoms with Gasteiger partial charge in [-0.3, -0.25) is 20.1 Å². The number of nitrogens with zero attached hydrogens (tertiary/aromatic N) is 3. The van der Waals surface area contributed by atoms with E-state index in [1.54, 1.807) is 6.07 Å². The summed E-state index contributed by atoms with van der Waals surface area (Å²) in [5, 5.41) is 14.5. The summed E-state index contributed by atoms with van der Waals surface area (Å²) in [6.07, 6.45) is 7.92. The first-order valence-electron chi connectivity index (χ1n) is 9.95. The van der Waals surface area contributed by atoms with Crippen LogP contribution >= 0.6 is 0 Å². The maximum absolute atomic E-state index is 11.1. The molecule has 2 rings (SSSR count). The number of aromatic nitrogens is 1. The fraction of sp³-hybridized carbons (Fsp3) is 0.304. The van der Waals surface area contributed by atoms with Crippen molar-refractivity contribution in [3.8, 4) is 5.75 Å². The van der Waals surface area contributed by atoms with Gasteiger partial charge >= 0.3 is 0 Å². The Morgan fingerprint density at radius 3 is 2.63 bits per heavy atom. The second-order valence-corrected chi connectivity index (χ2v) is 6.51. The first kappa shape index (κ1) is 22.8. The van der Waals surface area contributed by atoms with Crippen molar-refractivity contribution in [2.45, 2.75) is 34.1 Å². The maximum Gasteiger partial charge on any atom is 0.288 e. The highest BCUT2D eigenvalue weighted by molar-refractivity contribution is 5.96. The van der Waals surface area contributed by atoms with Crippen molar-refractivity contribution in [1.82, 2.24) is 4.98 Å². The van der Waals surface area contributed by atoms with Gasteiger partial charge in [0.05, 0.1) is 10.6 Å². The van der Waals surface area contributed by atoms with Gasteiger partial charge in [-0.1, -0.05) is 19.1 Å². The summed E-state index contributed by atoms with van der Waals surface area (Å²) >= 11 is 0. The number of anilines is 1. The molecule has 7 heteroatoms. The van der Waals surface area contributed by atoms with Crippen molar-refractivity contribution in [3.05, 3.63) is 76.1 Å². The summed E-state index contributed by atoms with van der Waals surface area (Å²) < 4.78 is 5.82. The van der Waals surface area contributed by atoms with Gasteiger partial charge in [-0.15, -0.1) is 0 Å². The summed E-state index contributed by atoms with van der Waals surface area (Å²) in [5.74, 6) is 0.739. The monoisotopic (exact) mass is 408 g/mol. The Hall–Kier alpha value is -3.48.